The SMILES string of the molecule is Cc1ccc(CNC(=O)CN(CCO)CCO)cc1F. The summed E-state index contributed by atoms with van der Waals surface area (Å²) in [6, 6.07) is 4.83. The molecule has 5 nitrogen and oxygen atoms in total. The van der Waals surface area contributed by atoms with Crippen LogP contribution < -0.4 is 5.32 Å². The lowest BCUT2D eigenvalue weighted by Crippen LogP contribution is -2.39. The molecular weight excluding hydrogens is 263 g/mol. The molecule has 0 unspecified atom stereocenters. The summed E-state index contributed by atoms with van der Waals surface area (Å²) in [6.07, 6.45) is 0. The molecule has 0 spiro atoms. The van der Waals surface area contributed by atoms with E-state index in [0.717, 1.165) is 0 Å². The van der Waals surface area contributed by atoms with E-state index in [4.69, 9.17) is 10.2 Å². The number of nitrogens with one attached hydrogen (secondary N) is 1. The van der Waals surface area contributed by atoms with Gasteiger partial charge >= 0.3 is 0 Å². The number of aliphatic hydroxyl groups excluding tert-OH is 2. The van der Waals surface area contributed by atoms with Crippen molar-refractivity contribution < 1.29 is 19.4 Å². The van der Waals surface area contributed by atoms with E-state index in [0.29, 0.717) is 24.2 Å². The van der Waals surface area contributed by atoms with E-state index in [-0.39, 0.29) is 38.0 Å². The monoisotopic (exact) mass is 284 g/mol. The third-order valence-corrected chi connectivity index (χ3v) is 2.93. The van der Waals surface area contributed by atoms with Crippen LogP contribution in [0.1, 0.15) is 11.1 Å². The van der Waals surface area contributed by atoms with Gasteiger partial charge in [0, 0.05) is 19.6 Å². The van der Waals surface area contributed by atoms with Crippen molar-refractivity contribution in [1.82, 2.24) is 10.2 Å². The molecule has 0 saturated carbocycles. The summed E-state index contributed by atoms with van der Waals surface area (Å²) in [5, 5.41) is 20.4. The lowest BCUT2D eigenvalue weighted by atomic mass is 10.1. The fourth-order valence-corrected chi connectivity index (χ4v) is 1.76. The topological polar surface area (TPSA) is 72.8 Å². The fourth-order valence-electron chi connectivity index (χ4n) is 1.76. The number of halogens is 1. The van der Waals surface area contributed by atoms with Crippen LogP contribution in [0.3, 0.4) is 0 Å². The highest BCUT2D eigenvalue weighted by molar-refractivity contribution is 5.78. The Morgan fingerprint density at radius 3 is 2.50 bits per heavy atom. The van der Waals surface area contributed by atoms with Crippen molar-refractivity contribution in [2.45, 2.75) is 13.5 Å². The van der Waals surface area contributed by atoms with E-state index in [9.17, 15) is 9.18 Å². The quantitative estimate of drug-likeness (QED) is 0.630. The average Bonchev–Trinajstić information content (AvgIpc) is 2.41. The van der Waals surface area contributed by atoms with E-state index in [1.165, 1.54) is 6.07 Å². The Labute approximate surface area is 118 Å². The van der Waals surface area contributed by atoms with Crippen LogP contribution in [0.4, 0.5) is 4.39 Å². The maximum absolute atomic E-state index is 13.3. The summed E-state index contributed by atoms with van der Waals surface area (Å²) in [7, 11) is 0. The van der Waals surface area contributed by atoms with Crippen molar-refractivity contribution in [2.75, 3.05) is 32.8 Å². The van der Waals surface area contributed by atoms with Gasteiger partial charge < -0.3 is 15.5 Å². The van der Waals surface area contributed by atoms with Gasteiger partial charge in [0.25, 0.3) is 0 Å². The van der Waals surface area contributed by atoms with Crippen LogP contribution in [0.2, 0.25) is 0 Å². The predicted molar refractivity (Wildman–Crippen MR) is 73.6 cm³/mol. The maximum Gasteiger partial charge on any atom is 0.234 e. The van der Waals surface area contributed by atoms with Gasteiger partial charge in [-0.2, -0.15) is 0 Å². The average molecular weight is 284 g/mol. The molecule has 0 heterocycles. The van der Waals surface area contributed by atoms with Crippen molar-refractivity contribution >= 4 is 5.91 Å². The second-order valence-corrected chi connectivity index (χ2v) is 4.58. The Bertz CT molecular complexity index is 434. The summed E-state index contributed by atoms with van der Waals surface area (Å²) >= 11 is 0. The molecule has 112 valence electrons. The van der Waals surface area contributed by atoms with Crippen molar-refractivity contribution in [2.24, 2.45) is 0 Å². The van der Waals surface area contributed by atoms with E-state index < -0.39 is 0 Å². The van der Waals surface area contributed by atoms with E-state index >= 15 is 0 Å². The lowest BCUT2D eigenvalue weighted by molar-refractivity contribution is -0.122. The number of nitrogens with zero attached hydrogens (tertiary/aromatic N) is 1. The van der Waals surface area contributed by atoms with Gasteiger partial charge in [0.2, 0.25) is 5.91 Å². The molecule has 0 atom stereocenters. The lowest BCUT2D eigenvalue weighted by Gasteiger charge is -2.19. The van der Waals surface area contributed by atoms with Crippen LogP contribution in [-0.4, -0.2) is 53.9 Å². The van der Waals surface area contributed by atoms with Crippen molar-refractivity contribution in [3.05, 3.63) is 35.1 Å². The molecule has 1 rings (SSSR count). The molecule has 1 aromatic rings. The zero-order valence-electron chi connectivity index (χ0n) is 11.6. The van der Waals surface area contributed by atoms with Gasteiger partial charge in [0.05, 0.1) is 19.8 Å². The molecule has 0 radical (unpaired) electrons. The zero-order chi connectivity index (χ0) is 15.0. The van der Waals surface area contributed by atoms with Crippen LogP contribution in [0.25, 0.3) is 0 Å². The highest BCUT2D eigenvalue weighted by atomic mass is 19.1. The standard InChI is InChI=1S/C14H21FN2O3/c1-11-2-3-12(8-13(11)15)9-16-14(20)10-17(4-6-18)5-7-19/h2-3,8,18-19H,4-7,9-10H2,1H3,(H,16,20). The summed E-state index contributed by atoms with van der Waals surface area (Å²) in [4.78, 5) is 13.4. The molecule has 0 bridgehead atoms. The highest BCUT2D eigenvalue weighted by Crippen LogP contribution is 2.08. The van der Waals surface area contributed by atoms with Crippen LogP contribution in [0.5, 0.6) is 0 Å². The third kappa shape index (κ3) is 5.64. The van der Waals surface area contributed by atoms with E-state index in [2.05, 4.69) is 5.32 Å². The van der Waals surface area contributed by atoms with Crippen molar-refractivity contribution in [1.29, 1.82) is 0 Å². The minimum absolute atomic E-state index is 0.0730. The number of carbonyl (C=O) groups excluding carboxylic acids is 1. The predicted octanol–water partition coefficient (Wildman–Crippen LogP) is 0.0369. The minimum atomic E-state index is -0.293. The van der Waals surface area contributed by atoms with Gasteiger partial charge in [-0.15, -0.1) is 0 Å². The number of aliphatic hydroxyl groups is 2. The van der Waals surface area contributed by atoms with Gasteiger partial charge in [0.15, 0.2) is 0 Å². The molecule has 20 heavy (non-hydrogen) atoms. The van der Waals surface area contributed by atoms with Gasteiger partial charge in [-0.1, -0.05) is 12.1 Å². The first-order valence-electron chi connectivity index (χ1n) is 6.52. The molecule has 0 fully saturated rings. The molecule has 1 amide bonds. The normalized spacial score (nSPS) is 10.8. The second-order valence-electron chi connectivity index (χ2n) is 4.58. The molecule has 0 aromatic heterocycles. The molecule has 0 saturated heterocycles. The summed E-state index contributed by atoms with van der Waals surface area (Å²) < 4.78 is 13.3. The number of hydrogen-bond acceptors (Lipinski definition) is 4. The number of carbonyl (C=O) groups is 1. The summed E-state index contributed by atoms with van der Waals surface area (Å²) in [5.74, 6) is -0.521. The fraction of sp³-hybridized carbons (Fsp3) is 0.500. The molecule has 0 aliphatic rings. The Hall–Kier alpha value is -1.50. The van der Waals surface area contributed by atoms with Crippen LogP contribution in [0.15, 0.2) is 18.2 Å². The largest absolute Gasteiger partial charge is 0.395 e. The van der Waals surface area contributed by atoms with E-state index in [1.807, 2.05) is 0 Å². The first-order chi connectivity index (χ1) is 9.56. The number of amides is 1. The Balaban J connectivity index is 2.43. The van der Waals surface area contributed by atoms with Crippen molar-refractivity contribution in [3.8, 4) is 0 Å². The Morgan fingerprint density at radius 2 is 1.95 bits per heavy atom. The number of rotatable bonds is 8. The first kappa shape index (κ1) is 16.6. The molecule has 1 aromatic carbocycles. The third-order valence-electron chi connectivity index (χ3n) is 2.93. The number of hydrogen-bond donors (Lipinski definition) is 3. The number of aryl methyl sites for hydroxylation is 1. The summed E-state index contributed by atoms with van der Waals surface area (Å²) in [5.41, 5.74) is 1.26. The second kappa shape index (κ2) is 8.63. The van der Waals surface area contributed by atoms with Crippen LogP contribution in [-0.2, 0) is 11.3 Å². The molecule has 0 aliphatic heterocycles. The van der Waals surface area contributed by atoms with Crippen molar-refractivity contribution in [3.63, 3.8) is 0 Å². The minimum Gasteiger partial charge on any atom is -0.395 e. The molecule has 6 heteroatoms. The van der Waals surface area contributed by atoms with Gasteiger partial charge in [0.1, 0.15) is 5.82 Å². The molecular formula is C14H21FN2O3. The van der Waals surface area contributed by atoms with Gasteiger partial charge in [-0.25, -0.2) is 4.39 Å². The summed E-state index contributed by atoms with van der Waals surface area (Å²) in [6.45, 7) is 2.53. The van der Waals surface area contributed by atoms with Gasteiger partial charge in [-0.3, -0.25) is 9.69 Å². The van der Waals surface area contributed by atoms with Crippen LogP contribution in [0, 0.1) is 12.7 Å². The Morgan fingerprint density at radius 1 is 1.30 bits per heavy atom. The molecule has 3 N–H and O–H groups in total. The number of benzene rings is 1. The molecule has 0 aliphatic carbocycles. The van der Waals surface area contributed by atoms with Gasteiger partial charge in [-0.05, 0) is 24.1 Å². The zero-order valence-corrected chi connectivity index (χ0v) is 11.6. The smallest absolute Gasteiger partial charge is 0.234 e. The van der Waals surface area contributed by atoms with Crippen LogP contribution >= 0.6 is 0 Å². The first-order valence-corrected chi connectivity index (χ1v) is 6.52. The highest BCUT2D eigenvalue weighted by Gasteiger charge is 2.09. The van der Waals surface area contributed by atoms with E-state index in [1.54, 1.807) is 24.0 Å². The Kier molecular flexibility index (Phi) is 7.14. The maximum atomic E-state index is 13.3.